The topological polar surface area (TPSA) is 85.1 Å². The van der Waals surface area contributed by atoms with E-state index in [1.165, 1.54) is 0 Å². The molecule has 0 saturated carbocycles. The first kappa shape index (κ1) is 14.5. The highest BCUT2D eigenvalue weighted by Gasteiger charge is 2.30. The molecule has 0 amide bonds. The van der Waals surface area contributed by atoms with Crippen LogP contribution in [0.5, 0.6) is 0 Å². The number of sulfone groups is 1. The summed E-state index contributed by atoms with van der Waals surface area (Å²) in [5, 5.41) is 6.61. The minimum atomic E-state index is -2.97. The van der Waals surface area contributed by atoms with Crippen molar-refractivity contribution < 1.29 is 12.9 Å². The van der Waals surface area contributed by atoms with Crippen LogP contribution in [0.1, 0.15) is 37.4 Å². The quantitative estimate of drug-likeness (QED) is 0.776. The van der Waals surface area contributed by atoms with Gasteiger partial charge in [-0.05, 0) is 32.9 Å². The standard InChI is InChI=1S/C12H21N3O3S/c1-13-7-4-6-11-14-12(18-15-11)9-10-5-2-3-8-19(10,16)17/h10,13H,2-9H2,1H3. The number of hydrogen-bond donors (Lipinski definition) is 1. The zero-order chi connectivity index (χ0) is 13.7. The summed E-state index contributed by atoms with van der Waals surface area (Å²) in [5.41, 5.74) is 0. The van der Waals surface area contributed by atoms with Crippen molar-refractivity contribution in [3.05, 3.63) is 11.7 Å². The van der Waals surface area contributed by atoms with E-state index < -0.39 is 9.84 Å². The summed E-state index contributed by atoms with van der Waals surface area (Å²) in [6, 6.07) is 0. The monoisotopic (exact) mass is 287 g/mol. The van der Waals surface area contributed by atoms with Gasteiger partial charge in [-0.2, -0.15) is 4.98 Å². The molecular formula is C12H21N3O3S. The molecule has 1 saturated heterocycles. The molecule has 6 nitrogen and oxygen atoms in total. The van der Waals surface area contributed by atoms with Crippen LogP contribution in [0.4, 0.5) is 0 Å². The van der Waals surface area contributed by atoms with E-state index in [-0.39, 0.29) is 5.25 Å². The van der Waals surface area contributed by atoms with Crippen LogP contribution in [-0.4, -0.2) is 43.2 Å². The first-order valence-electron chi connectivity index (χ1n) is 6.79. The van der Waals surface area contributed by atoms with Gasteiger partial charge >= 0.3 is 0 Å². The van der Waals surface area contributed by atoms with Crippen LogP contribution in [-0.2, 0) is 22.7 Å². The highest BCUT2D eigenvalue weighted by atomic mass is 32.2. The van der Waals surface area contributed by atoms with Crippen molar-refractivity contribution >= 4 is 9.84 Å². The number of nitrogens with zero attached hydrogens (tertiary/aromatic N) is 2. The molecule has 1 fully saturated rings. The number of nitrogens with one attached hydrogen (secondary N) is 1. The van der Waals surface area contributed by atoms with E-state index in [0.29, 0.717) is 30.3 Å². The molecule has 1 aliphatic heterocycles. The van der Waals surface area contributed by atoms with Crippen LogP contribution >= 0.6 is 0 Å². The summed E-state index contributed by atoms with van der Waals surface area (Å²) in [7, 11) is -1.07. The zero-order valence-corrected chi connectivity index (χ0v) is 12.1. The molecule has 1 aliphatic rings. The number of rotatable bonds is 6. The molecule has 1 aromatic heterocycles. The van der Waals surface area contributed by atoms with Gasteiger partial charge in [0.2, 0.25) is 5.89 Å². The van der Waals surface area contributed by atoms with Crippen molar-refractivity contribution in [2.75, 3.05) is 19.3 Å². The SMILES string of the molecule is CNCCCc1noc(CC2CCCCS2(=O)=O)n1. The summed E-state index contributed by atoms with van der Waals surface area (Å²) >= 11 is 0. The summed E-state index contributed by atoms with van der Waals surface area (Å²) in [6.07, 6.45) is 4.51. The second kappa shape index (κ2) is 6.47. The Bertz CT molecular complexity index is 498. The lowest BCUT2D eigenvalue weighted by molar-refractivity contribution is 0.366. The van der Waals surface area contributed by atoms with E-state index >= 15 is 0 Å². The van der Waals surface area contributed by atoms with E-state index in [1.54, 1.807) is 0 Å². The minimum absolute atomic E-state index is 0.292. The largest absolute Gasteiger partial charge is 0.339 e. The van der Waals surface area contributed by atoms with Crippen molar-refractivity contribution in [1.82, 2.24) is 15.5 Å². The van der Waals surface area contributed by atoms with Crippen LogP contribution in [0.25, 0.3) is 0 Å². The van der Waals surface area contributed by atoms with Crippen molar-refractivity contribution in [1.29, 1.82) is 0 Å². The van der Waals surface area contributed by atoms with Crippen molar-refractivity contribution in [3.8, 4) is 0 Å². The summed E-state index contributed by atoms with van der Waals surface area (Å²) in [4.78, 5) is 4.27. The van der Waals surface area contributed by atoms with E-state index in [0.717, 1.165) is 32.2 Å². The Kier molecular flexibility index (Phi) is 4.93. The molecular weight excluding hydrogens is 266 g/mol. The van der Waals surface area contributed by atoms with Crippen LogP contribution in [0.2, 0.25) is 0 Å². The second-order valence-electron chi connectivity index (χ2n) is 5.00. The van der Waals surface area contributed by atoms with Gasteiger partial charge in [-0.15, -0.1) is 0 Å². The lowest BCUT2D eigenvalue weighted by Gasteiger charge is -2.20. The molecule has 0 bridgehead atoms. The second-order valence-corrected chi connectivity index (χ2v) is 7.40. The van der Waals surface area contributed by atoms with Gasteiger partial charge in [-0.1, -0.05) is 11.6 Å². The third kappa shape index (κ3) is 4.01. The average molecular weight is 287 g/mol. The molecule has 0 spiro atoms. The predicted octanol–water partition coefficient (Wildman–Crippen LogP) is 0.731. The fourth-order valence-electron chi connectivity index (χ4n) is 2.34. The Morgan fingerprint density at radius 3 is 3.00 bits per heavy atom. The van der Waals surface area contributed by atoms with E-state index in [1.807, 2.05) is 7.05 Å². The Hall–Kier alpha value is -0.950. The molecule has 1 unspecified atom stereocenters. The van der Waals surface area contributed by atoms with E-state index in [9.17, 15) is 8.42 Å². The highest BCUT2D eigenvalue weighted by molar-refractivity contribution is 7.92. The lowest BCUT2D eigenvalue weighted by Crippen LogP contribution is -2.30. The molecule has 7 heteroatoms. The third-order valence-corrected chi connectivity index (χ3v) is 5.73. The number of aryl methyl sites for hydroxylation is 1. The maximum absolute atomic E-state index is 11.9. The molecule has 0 aromatic carbocycles. The summed E-state index contributed by atoms with van der Waals surface area (Å²) < 4.78 is 29.0. The van der Waals surface area contributed by atoms with Crippen LogP contribution in [0.3, 0.4) is 0 Å². The molecule has 1 atom stereocenters. The van der Waals surface area contributed by atoms with Gasteiger partial charge in [0.15, 0.2) is 15.7 Å². The fourth-order valence-corrected chi connectivity index (χ4v) is 4.21. The number of hydrogen-bond acceptors (Lipinski definition) is 6. The van der Waals surface area contributed by atoms with Crippen molar-refractivity contribution in [2.24, 2.45) is 0 Å². The minimum Gasteiger partial charge on any atom is -0.339 e. The molecule has 19 heavy (non-hydrogen) atoms. The first-order chi connectivity index (χ1) is 9.12. The zero-order valence-electron chi connectivity index (χ0n) is 11.3. The van der Waals surface area contributed by atoms with E-state index in [2.05, 4.69) is 15.5 Å². The van der Waals surface area contributed by atoms with Crippen molar-refractivity contribution in [2.45, 2.75) is 43.8 Å². The van der Waals surface area contributed by atoms with Gasteiger partial charge in [0, 0.05) is 12.8 Å². The smallest absolute Gasteiger partial charge is 0.227 e. The Morgan fingerprint density at radius 1 is 1.42 bits per heavy atom. The Labute approximate surface area is 113 Å². The van der Waals surface area contributed by atoms with E-state index in [4.69, 9.17) is 4.52 Å². The van der Waals surface area contributed by atoms with Gasteiger partial charge in [0.25, 0.3) is 0 Å². The highest BCUT2D eigenvalue weighted by Crippen LogP contribution is 2.22. The van der Waals surface area contributed by atoms with Gasteiger partial charge in [0.1, 0.15) is 0 Å². The predicted molar refractivity (Wildman–Crippen MR) is 71.7 cm³/mol. The molecule has 0 radical (unpaired) electrons. The van der Waals surface area contributed by atoms with Gasteiger partial charge in [0.05, 0.1) is 11.0 Å². The third-order valence-electron chi connectivity index (χ3n) is 3.45. The van der Waals surface area contributed by atoms with Gasteiger partial charge in [-0.3, -0.25) is 0 Å². The molecule has 1 N–H and O–H groups in total. The molecule has 0 aliphatic carbocycles. The maximum atomic E-state index is 11.9. The van der Waals surface area contributed by atoms with Crippen molar-refractivity contribution in [3.63, 3.8) is 0 Å². The summed E-state index contributed by atoms with van der Waals surface area (Å²) in [6.45, 7) is 0.904. The Balaban J connectivity index is 1.92. The van der Waals surface area contributed by atoms with Gasteiger partial charge < -0.3 is 9.84 Å². The molecule has 2 rings (SSSR count). The summed E-state index contributed by atoms with van der Waals surface area (Å²) in [5.74, 6) is 1.41. The lowest BCUT2D eigenvalue weighted by atomic mass is 10.1. The van der Waals surface area contributed by atoms with Gasteiger partial charge in [-0.25, -0.2) is 8.42 Å². The number of aromatic nitrogens is 2. The van der Waals surface area contributed by atoms with Crippen LogP contribution in [0.15, 0.2) is 4.52 Å². The maximum Gasteiger partial charge on any atom is 0.227 e. The molecule has 1 aromatic rings. The van der Waals surface area contributed by atoms with Crippen LogP contribution < -0.4 is 5.32 Å². The Morgan fingerprint density at radius 2 is 2.26 bits per heavy atom. The fraction of sp³-hybridized carbons (Fsp3) is 0.833. The normalized spacial score (nSPS) is 22.5. The average Bonchev–Trinajstić information content (AvgIpc) is 2.80. The molecule has 2 heterocycles. The van der Waals surface area contributed by atoms with Crippen LogP contribution in [0, 0.1) is 0 Å². The first-order valence-corrected chi connectivity index (χ1v) is 8.51. The molecule has 108 valence electrons.